The van der Waals surface area contributed by atoms with E-state index in [4.69, 9.17) is 0 Å². The number of rotatable bonds is 2. The van der Waals surface area contributed by atoms with Gasteiger partial charge in [-0.2, -0.15) is 10.2 Å². The van der Waals surface area contributed by atoms with Gasteiger partial charge in [0.15, 0.2) is 0 Å². The highest BCUT2D eigenvalue weighted by atomic mass is 15.3. The van der Waals surface area contributed by atoms with Gasteiger partial charge in [-0.05, 0) is 61.5 Å². The molecule has 5 heteroatoms. The molecule has 1 aliphatic heterocycles. The van der Waals surface area contributed by atoms with Gasteiger partial charge < -0.3 is 5.32 Å². The van der Waals surface area contributed by atoms with Crippen LogP contribution in [0.3, 0.4) is 0 Å². The zero-order valence-corrected chi connectivity index (χ0v) is 14.0. The molecule has 120 valence electrons. The number of aryl methyl sites for hydroxylation is 2. The largest absolute Gasteiger partial charge is 0.316 e. The lowest BCUT2D eigenvalue weighted by molar-refractivity contribution is 0.349. The van der Waals surface area contributed by atoms with E-state index in [0.29, 0.717) is 11.8 Å². The molecule has 1 saturated heterocycles. The Morgan fingerprint density at radius 1 is 1.22 bits per heavy atom. The summed E-state index contributed by atoms with van der Waals surface area (Å²) in [5, 5.41) is 13.5. The molecule has 2 aromatic heterocycles. The number of piperidine rings is 1. The summed E-state index contributed by atoms with van der Waals surface area (Å²) in [6.07, 6.45) is 7.01. The lowest BCUT2D eigenvalue weighted by Gasteiger charge is -2.31. The van der Waals surface area contributed by atoms with E-state index < -0.39 is 0 Å². The Labute approximate surface area is 136 Å². The molecule has 0 saturated carbocycles. The number of hydrogen-bond acceptors (Lipinski definition) is 3. The summed E-state index contributed by atoms with van der Waals surface area (Å²) in [6, 6.07) is 4.62. The summed E-state index contributed by atoms with van der Waals surface area (Å²) in [6.45, 7) is 6.78. The van der Waals surface area contributed by atoms with Crippen LogP contribution in [0.1, 0.15) is 30.4 Å². The van der Waals surface area contributed by atoms with Crippen molar-refractivity contribution in [2.75, 3.05) is 13.1 Å². The van der Waals surface area contributed by atoms with E-state index in [-0.39, 0.29) is 0 Å². The SMILES string of the molecule is Cc1cc2cnn(-c3cnn(C)c3)c2cc1C1CCNCC1C. The van der Waals surface area contributed by atoms with Crippen molar-refractivity contribution in [3.05, 3.63) is 41.9 Å². The Morgan fingerprint density at radius 2 is 2.09 bits per heavy atom. The lowest BCUT2D eigenvalue weighted by atomic mass is 9.80. The summed E-state index contributed by atoms with van der Waals surface area (Å²) >= 11 is 0. The minimum Gasteiger partial charge on any atom is -0.316 e. The van der Waals surface area contributed by atoms with E-state index in [1.54, 1.807) is 0 Å². The normalized spacial score (nSPS) is 21.9. The second kappa shape index (κ2) is 5.49. The minimum atomic E-state index is 0.623. The molecule has 0 spiro atoms. The summed E-state index contributed by atoms with van der Waals surface area (Å²) in [4.78, 5) is 0. The molecule has 1 aliphatic rings. The zero-order valence-electron chi connectivity index (χ0n) is 14.0. The predicted octanol–water partition coefficient (Wildman–Crippen LogP) is 2.78. The van der Waals surface area contributed by atoms with Crippen LogP contribution < -0.4 is 5.32 Å². The molecule has 3 aromatic rings. The Bertz CT molecular complexity index is 844. The fraction of sp³-hybridized carbons (Fsp3) is 0.444. The Balaban J connectivity index is 1.84. The number of benzene rings is 1. The monoisotopic (exact) mass is 309 g/mol. The van der Waals surface area contributed by atoms with E-state index >= 15 is 0 Å². The molecule has 3 heterocycles. The molecule has 2 unspecified atom stereocenters. The van der Waals surface area contributed by atoms with Gasteiger partial charge in [0, 0.05) is 12.4 Å². The van der Waals surface area contributed by atoms with E-state index in [1.807, 2.05) is 35.0 Å². The standard InChI is InChI=1S/C18H23N5/c1-12-6-14-9-21-23(15-10-20-22(3)11-15)18(14)7-17(12)16-4-5-19-8-13(16)2/h6-7,9-11,13,16,19H,4-5,8H2,1-3H3. The fourth-order valence-electron chi connectivity index (χ4n) is 3.80. The molecule has 0 amide bonds. The maximum atomic E-state index is 4.58. The summed E-state index contributed by atoms with van der Waals surface area (Å²) in [7, 11) is 1.93. The van der Waals surface area contributed by atoms with Gasteiger partial charge in [0.2, 0.25) is 0 Å². The molecule has 2 atom stereocenters. The average molecular weight is 309 g/mol. The first kappa shape index (κ1) is 14.5. The van der Waals surface area contributed by atoms with Gasteiger partial charge in [-0.25, -0.2) is 4.68 Å². The van der Waals surface area contributed by atoms with Gasteiger partial charge in [0.05, 0.1) is 24.1 Å². The third-order valence-corrected chi connectivity index (χ3v) is 5.08. The number of nitrogens with one attached hydrogen (secondary N) is 1. The second-order valence-electron chi connectivity index (χ2n) is 6.77. The summed E-state index contributed by atoms with van der Waals surface area (Å²) < 4.78 is 3.81. The molecule has 5 nitrogen and oxygen atoms in total. The van der Waals surface area contributed by atoms with Crippen LogP contribution in [0, 0.1) is 12.8 Å². The van der Waals surface area contributed by atoms with Crippen LogP contribution >= 0.6 is 0 Å². The highest BCUT2D eigenvalue weighted by molar-refractivity contribution is 5.82. The number of aromatic nitrogens is 4. The van der Waals surface area contributed by atoms with Crippen molar-refractivity contribution in [1.29, 1.82) is 0 Å². The maximum absolute atomic E-state index is 4.58. The van der Waals surface area contributed by atoms with Gasteiger partial charge in [0.25, 0.3) is 0 Å². The highest BCUT2D eigenvalue weighted by Gasteiger charge is 2.24. The lowest BCUT2D eigenvalue weighted by Crippen LogP contribution is -2.34. The van der Waals surface area contributed by atoms with E-state index in [0.717, 1.165) is 18.8 Å². The van der Waals surface area contributed by atoms with E-state index in [1.165, 1.54) is 28.5 Å². The summed E-state index contributed by atoms with van der Waals surface area (Å²) in [5.41, 5.74) is 5.03. The van der Waals surface area contributed by atoms with Gasteiger partial charge in [-0.15, -0.1) is 0 Å². The first-order valence-electron chi connectivity index (χ1n) is 8.31. The molecule has 23 heavy (non-hydrogen) atoms. The van der Waals surface area contributed by atoms with E-state index in [9.17, 15) is 0 Å². The maximum Gasteiger partial charge on any atom is 0.103 e. The first-order valence-corrected chi connectivity index (χ1v) is 8.31. The van der Waals surface area contributed by atoms with Gasteiger partial charge in [0.1, 0.15) is 5.69 Å². The van der Waals surface area contributed by atoms with Gasteiger partial charge in [-0.3, -0.25) is 4.68 Å². The van der Waals surface area contributed by atoms with Crippen LogP contribution in [0.25, 0.3) is 16.6 Å². The van der Waals surface area contributed by atoms with Crippen LogP contribution in [0.15, 0.2) is 30.7 Å². The number of fused-ring (bicyclic) bond motifs is 1. The molecule has 0 aliphatic carbocycles. The van der Waals surface area contributed by atoms with E-state index in [2.05, 4.69) is 41.5 Å². The van der Waals surface area contributed by atoms with Crippen LogP contribution in [-0.4, -0.2) is 32.7 Å². The van der Waals surface area contributed by atoms with Crippen LogP contribution in [0.2, 0.25) is 0 Å². The van der Waals surface area contributed by atoms with Gasteiger partial charge in [-0.1, -0.05) is 6.92 Å². The number of nitrogens with zero attached hydrogens (tertiary/aromatic N) is 4. The second-order valence-corrected chi connectivity index (χ2v) is 6.77. The van der Waals surface area contributed by atoms with Crippen LogP contribution in [0.4, 0.5) is 0 Å². The molecular formula is C18H23N5. The third-order valence-electron chi connectivity index (χ3n) is 5.08. The quantitative estimate of drug-likeness (QED) is 0.792. The average Bonchev–Trinajstić information content (AvgIpc) is 3.13. The first-order chi connectivity index (χ1) is 11.1. The molecule has 0 bridgehead atoms. The molecule has 0 radical (unpaired) electrons. The van der Waals surface area contributed by atoms with Crippen molar-refractivity contribution in [2.24, 2.45) is 13.0 Å². The zero-order chi connectivity index (χ0) is 16.0. The van der Waals surface area contributed by atoms with Crippen molar-refractivity contribution in [3.63, 3.8) is 0 Å². The summed E-state index contributed by atoms with van der Waals surface area (Å²) in [5.74, 6) is 1.28. The predicted molar refractivity (Wildman–Crippen MR) is 92.0 cm³/mol. The molecular weight excluding hydrogens is 286 g/mol. The smallest absolute Gasteiger partial charge is 0.103 e. The molecule has 1 N–H and O–H groups in total. The Kier molecular flexibility index (Phi) is 3.45. The van der Waals surface area contributed by atoms with Crippen LogP contribution in [-0.2, 0) is 7.05 Å². The molecule has 1 fully saturated rings. The third kappa shape index (κ3) is 2.45. The van der Waals surface area contributed by atoms with Crippen molar-refractivity contribution in [1.82, 2.24) is 24.9 Å². The highest BCUT2D eigenvalue weighted by Crippen LogP contribution is 2.34. The minimum absolute atomic E-state index is 0.623. The Hall–Kier alpha value is -2.14. The molecule has 4 rings (SSSR count). The van der Waals surface area contributed by atoms with Crippen molar-refractivity contribution >= 4 is 10.9 Å². The number of hydrogen-bond donors (Lipinski definition) is 1. The molecule has 1 aromatic carbocycles. The van der Waals surface area contributed by atoms with Crippen molar-refractivity contribution < 1.29 is 0 Å². The van der Waals surface area contributed by atoms with Crippen molar-refractivity contribution in [2.45, 2.75) is 26.2 Å². The van der Waals surface area contributed by atoms with Gasteiger partial charge >= 0.3 is 0 Å². The Morgan fingerprint density at radius 3 is 2.83 bits per heavy atom. The van der Waals surface area contributed by atoms with Crippen LogP contribution in [0.5, 0.6) is 0 Å². The fourth-order valence-corrected chi connectivity index (χ4v) is 3.80. The van der Waals surface area contributed by atoms with Crippen molar-refractivity contribution in [3.8, 4) is 5.69 Å². The topological polar surface area (TPSA) is 47.7 Å².